The Balaban J connectivity index is 1.92. The van der Waals surface area contributed by atoms with Crippen LogP contribution < -0.4 is 5.32 Å². The number of hydrogen-bond donors (Lipinski definition) is 1. The van der Waals surface area contributed by atoms with Gasteiger partial charge in [0.2, 0.25) is 0 Å². The van der Waals surface area contributed by atoms with Crippen LogP contribution in [0.15, 0.2) is 30.3 Å². The minimum atomic E-state index is 0.186. The van der Waals surface area contributed by atoms with Crippen molar-refractivity contribution < 1.29 is 4.79 Å². The lowest BCUT2D eigenvalue weighted by molar-refractivity contribution is -0.127. The lowest BCUT2D eigenvalue weighted by Crippen LogP contribution is -2.35. The van der Waals surface area contributed by atoms with Gasteiger partial charge in [-0.15, -0.1) is 0 Å². The molecule has 1 unspecified atom stereocenters. The summed E-state index contributed by atoms with van der Waals surface area (Å²) in [5.41, 5.74) is 1.10. The molecule has 0 heterocycles. The molecular weight excluding hydrogens is 210 g/mol. The van der Waals surface area contributed by atoms with E-state index in [0.717, 1.165) is 18.7 Å². The Morgan fingerprint density at radius 1 is 1.24 bits per heavy atom. The Morgan fingerprint density at radius 3 is 2.59 bits per heavy atom. The molecule has 2 heteroatoms. The molecule has 0 radical (unpaired) electrons. The third kappa shape index (κ3) is 3.09. The third-order valence-electron chi connectivity index (χ3n) is 3.72. The van der Waals surface area contributed by atoms with Crippen LogP contribution in [-0.2, 0) is 4.79 Å². The monoisotopic (exact) mass is 231 g/mol. The Bertz CT molecular complexity index is 374. The van der Waals surface area contributed by atoms with Gasteiger partial charge in [-0.25, -0.2) is 0 Å². The highest BCUT2D eigenvalue weighted by Crippen LogP contribution is 2.31. The molecule has 0 aromatic heterocycles. The number of anilines is 1. The van der Waals surface area contributed by atoms with E-state index in [0.29, 0.717) is 17.6 Å². The maximum Gasteiger partial charge on any atom is 0.138 e. The number of Topliss-reactive ketones (excluding diaryl/α,β-unsaturated/α-hetero) is 1. The number of rotatable bonds is 3. The third-order valence-corrected chi connectivity index (χ3v) is 3.72. The van der Waals surface area contributed by atoms with Crippen LogP contribution in [0, 0.1) is 17.8 Å². The highest BCUT2D eigenvalue weighted by Gasteiger charge is 2.31. The fourth-order valence-corrected chi connectivity index (χ4v) is 2.79. The van der Waals surface area contributed by atoms with Gasteiger partial charge in [-0.3, -0.25) is 4.79 Å². The van der Waals surface area contributed by atoms with Gasteiger partial charge in [0.15, 0.2) is 0 Å². The van der Waals surface area contributed by atoms with Gasteiger partial charge in [0.05, 0.1) is 0 Å². The molecule has 0 amide bonds. The number of ketones is 1. The van der Waals surface area contributed by atoms with E-state index in [2.05, 4.69) is 19.2 Å². The molecule has 0 spiro atoms. The smallest absolute Gasteiger partial charge is 0.138 e. The van der Waals surface area contributed by atoms with Crippen molar-refractivity contribution in [3.8, 4) is 0 Å². The highest BCUT2D eigenvalue weighted by atomic mass is 16.1. The second-order valence-corrected chi connectivity index (χ2v) is 5.34. The molecule has 92 valence electrons. The standard InChI is InChI=1S/C15H21NO/c1-11-8-12(2)14(15(17)9-11)10-16-13-6-4-3-5-7-13/h3-7,11-12,14,16H,8-10H2,1-2H3/t11-,12+,14?/m0/s1. The van der Waals surface area contributed by atoms with E-state index in [4.69, 9.17) is 0 Å². The van der Waals surface area contributed by atoms with E-state index < -0.39 is 0 Å². The van der Waals surface area contributed by atoms with E-state index in [1.807, 2.05) is 30.3 Å². The number of nitrogens with one attached hydrogen (secondary N) is 1. The summed E-state index contributed by atoms with van der Waals surface area (Å²) in [7, 11) is 0. The second kappa shape index (κ2) is 5.35. The predicted molar refractivity (Wildman–Crippen MR) is 71.0 cm³/mol. The second-order valence-electron chi connectivity index (χ2n) is 5.34. The molecule has 1 aliphatic carbocycles. The van der Waals surface area contributed by atoms with Crippen LogP contribution in [0.5, 0.6) is 0 Å². The number of benzene rings is 1. The van der Waals surface area contributed by atoms with E-state index in [9.17, 15) is 4.79 Å². The molecule has 2 rings (SSSR count). The Hall–Kier alpha value is -1.31. The van der Waals surface area contributed by atoms with Crippen LogP contribution >= 0.6 is 0 Å². The Labute approximate surface area is 103 Å². The fraction of sp³-hybridized carbons (Fsp3) is 0.533. The molecule has 3 atom stereocenters. The van der Waals surface area contributed by atoms with Crippen LogP contribution in [0.3, 0.4) is 0 Å². The minimum absolute atomic E-state index is 0.186. The van der Waals surface area contributed by atoms with Crippen molar-refractivity contribution in [3.05, 3.63) is 30.3 Å². The molecule has 0 bridgehead atoms. The molecule has 1 saturated carbocycles. The van der Waals surface area contributed by atoms with E-state index in [1.54, 1.807) is 0 Å². The summed E-state index contributed by atoms with van der Waals surface area (Å²) in [5, 5.41) is 3.37. The molecular formula is C15H21NO. The summed E-state index contributed by atoms with van der Waals surface area (Å²) in [5.74, 6) is 1.68. The zero-order chi connectivity index (χ0) is 12.3. The molecule has 1 aromatic rings. The van der Waals surface area contributed by atoms with E-state index in [1.165, 1.54) is 6.42 Å². The van der Waals surface area contributed by atoms with Crippen molar-refractivity contribution in [3.63, 3.8) is 0 Å². The maximum atomic E-state index is 12.0. The molecule has 2 nitrogen and oxygen atoms in total. The fourth-order valence-electron chi connectivity index (χ4n) is 2.79. The minimum Gasteiger partial charge on any atom is -0.384 e. The molecule has 0 saturated heterocycles. The quantitative estimate of drug-likeness (QED) is 0.864. The Kier molecular flexibility index (Phi) is 3.82. The van der Waals surface area contributed by atoms with Crippen molar-refractivity contribution in [2.45, 2.75) is 26.7 Å². The number of carbonyl (C=O) groups excluding carboxylic acids is 1. The predicted octanol–water partition coefficient (Wildman–Crippen LogP) is 3.35. The number of carbonyl (C=O) groups is 1. The van der Waals surface area contributed by atoms with Gasteiger partial charge < -0.3 is 5.32 Å². The van der Waals surface area contributed by atoms with Gasteiger partial charge in [-0.05, 0) is 30.4 Å². The highest BCUT2D eigenvalue weighted by molar-refractivity contribution is 5.82. The van der Waals surface area contributed by atoms with Crippen LogP contribution in [0.25, 0.3) is 0 Å². The Morgan fingerprint density at radius 2 is 1.94 bits per heavy atom. The molecule has 17 heavy (non-hydrogen) atoms. The average Bonchev–Trinajstić information content (AvgIpc) is 2.29. The normalized spacial score (nSPS) is 29.1. The van der Waals surface area contributed by atoms with Gasteiger partial charge in [-0.2, -0.15) is 0 Å². The molecule has 1 fully saturated rings. The molecule has 1 aliphatic rings. The first-order chi connectivity index (χ1) is 8.16. The summed E-state index contributed by atoms with van der Waals surface area (Å²) in [6, 6.07) is 10.1. The SMILES string of the molecule is C[C@@H]1CC(=O)C(CNc2ccccc2)[C@H](C)C1. The summed E-state index contributed by atoms with van der Waals surface area (Å²) in [4.78, 5) is 12.0. The van der Waals surface area contributed by atoms with Gasteiger partial charge in [-0.1, -0.05) is 32.0 Å². The van der Waals surface area contributed by atoms with E-state index >= 15 is 0 Å². The first-order valence-electron chi connectivity index (χ1n) is 6.48. The lowest BCUT2D eigenvalue weighted by Gasteiger charge is -2.31. The zero-order valence-corrected chi connectivity index (χ0v) is 10.6. The van der Waals surface area contributed by atoms with Crippen molar-refractivity contribution in [1.82, 2.24) is 0 Å². The number of para-hydroxylation sites is 1. The first kappa shape index (κ1) is 12.2. The van der Waals surface area contributed by atoms with Crippen LogP contribution in [0.4, 0.5) is 5.69 Å². The summed E-state index contributed by atoms with van der Waals surface area (Å²) < 4.78 is 0. The van der Waals surface area contributed by atoms with Crippen molar-refractivity contribution in [2.24, 2.45) is 17.8 Å². The lowest BCUT2D eigenvalue weighted by atomic mass is 9.74. The van der Waals surface area contributed by atoms with E-state index in [-0.39, 0.29) is 5.92 Å². The average molecular weight is 231 g/mol. The van der Waals surface area contributed by atoms with Gasteiger partial charge in [0.1, 0.15) is 5.78 Å². The van der Waals surface area contributed by atoms with Crippen molar-refractivity contribution in [1.29, 1.82) is 0 Å². The summed E-state index contributed by atoms with van der Waals surface area (Å²) in [6.07, 6.45) is 1.93. The number of hydrogen-bond acceptors (Lipinski definition) is 2. The largest absolute Gasteiger partial charge is 0.384 e. The summed E-state index contributed by atoms with van der Waals surface area (Å²) >= 11 is 0. The van der Waals surface area contributed by atoms with Crippen LogP contribution in [0.1, 0.15) is 26.7 Å². The van der Waals surface area contributed by atoms with Gasteiger partial charge in [0, 0.05) is 24.6 Å². The molecule has 0 aliphatic heterocycles. The summed E-state index contributed by atoms with van der Waals surface area (Å²) in [6.45, 7) is 5.15. The van der Waals surface area contributed by atoms with Gasteiger partial charge in [0.25, 0.3) is 0 Å². The van der Waals surface area contributed by atoms with Crippen molar-refractivity contribution >= 4 is 11.5 Å². The van der Waals surface area contributed by atoms with Crippen molar-refractivity contribution in [2.75, 3.05) is 11.9 Å². The first-order valence-corrected chi connectivity index (χ1v) is 6.48. The maximum absolute atomic E-state index is 12.0. The zero-order valence-electron chi connectivity index (χ0n) is 10.6. The van der Waals surface area contributed by atoms with Gasteiger partial charge >= 0.3 is 0 Å². The molecule has 1 N–H and O–H groups in total. The topological polar surface area (TPSA) is 29.1 Å². The van der Waals surface area contributed by atoms with Crippen LogP contribution in [-0.4, -0.2) is 12.3 Å². The van der Waals surface area contributed by atoms with Crippen LogP contribution in [0.2, 0.25) is 0 Å². The molecule has 1 aromatic carbocycles.